The van der Waals surface area contributed by atoms with Crippen LogP contribution >= 0.6 is 0 Å². The third kappa shape index (κ3) is 5.37. The monoisotopic (exact) mass is 215 g/mol. The average Bonchev–Trinajstić information content (AvgIpc) is 2.21. The van der Waals surface area contributed by atoms with Gasteiger partial charge in [-0.3, -0.25) is 9.59 Å². The first-order chi connectivity index (χ1) is 7.02. The predicted molar refractivity (Wildman–Crippen MR) is 59.1 cm³/mol. The lowest BCUT2D eigenvalue weighted by Gasteiger charge is -2.21. The Bertz CT molecular complexity index is 217. The molecule has 0 heterocycles. The summed E-state index contributed by atoms with van der Waals surface area (Å²) in [5.74, 6) is -0.397. The van der Waals surface area contributed by atoms with Crippen molar-refractivity contribution in [1.82, 2.24) is 10.6 Å². The van der Waals surface area contributed by atoms with Crippen molar-refractivity contribution in [2.75, 3.05) is 13.1 Å². The van der Waals surface area contributed by atoms with Crippen LogP contribution in [0.1, 0.15) is 27.2 Å². The molecule has 0 saturated heterocycles. The average molecular weight is 215 g/mol. The number of rotatable bonds is 6. The molecule has 0 saturated carbocycles. The number of hydrogen-bond acceptors (Lipinski definition) is 3. The van der Waals surface area contributed by atoms with Crippen LogP contribution in [-0.2, 0) is 9.59 Å². The summed E-state index contributed by atoms with van der Waals surface area (Å²) in [5.41, 5.74) is 5.18. The molecule has 0 bridgehead atoms. The molecule has 0 aliphatic carbocycles. The number of hydrogen-bond donors (Lipinski definition) is 3. The first-order valence-corrected chi connectivity index (χ1v) is 5.30. The molecule has 0 aliphatic rings. The van der Waals surface area contributed by atoms with E-state index in [9.17, 15) is 9.59 Å². The van der Waals surface area contributed by atoms with Gasteiger partial charge in [-0.2, -0.15) is 0 Å². The summed E-state index contributed by atoms with van der Waals surface area (Å²) in [6, 6.07) is -0.493. The molecule has 0 rings (SSSR count). The first kappa shape index (κ1) is 13.9. The van der Waals surface area contributed by atoms with E-state index in [0.717, 1.165) is 6.42 Å². The van der Waals surface area contributed by atoms with Crippen LogP contribution in [0.5, 0.6) is 0 Å². The lowest BCUT2D eigenvalue weighted by molar-refractivity contribution is -0.129. The van der Waals surface area contributed by atoms with E-state index >= 15 is 0 Å². The molecule has 1 atom stereocenters. The van der Waals surface area contributed by atoms with Gasteiger partial charge in [-0.25, -0.2) is 0 Å². The summed E-state index contributed by atoms with van der Waals surface area (Å²) in [5, 5.41) is 5.35. The molecular formula is C10H21N3O2. The molecule has 15 heavy (non-hydrogen) atoms. The van der Waals surface area contributed by atoms with Gasteiger partial charge in [0.15, 0.2) is 0 Å². The van der Waals surface area contributed by atoms with Gasteiger partial charge in [-0.05, 0) is 12.3 Å². The zero-order valence-electron chi connectivity index (χ0n) is 9.67. The molecule has 0 spiro atoms. The molecule has 4 N–H and O–H groups in total. The van der Waals surface area contributed by atoms with Crippen molar-refractivity contribution in [3.8, 4) is 0 Å². The van der Waals surface area contributed by atoms with Crippen LogP contribution in [0.4, 0.5) is 0 Å². The Morgan fingerprint density at radius 3 is 2.33 bits per heavy atom. The molecule has 88 valence electrons. The fraction of sp³-hybridized carbons (Fsp3) is 0.800. The maximum atomic E-state index is 11.6. The Balaban J connectivity index is 4.25. The zero-order valence-corrected chi connectivity index (χ0v) is 9.67. The van der Waals surface area contributed by atoms with Crippen LogP contribution < -0.4 is 16.4 Å². The molecule has 0 aromatic carbocycles. The van der Waals surface area contributed by atoms with E-state index in [1.807, 2.05) is 20.8 Å². The van der Waals surface area contributed by atoms with Gasteiger partial charge < -0.3 is 16.4 Å². The third-order valence-electron chi connectivity index (χ3n) is 2.00. The Morgan fingerprint density at radius 1 is 1.33 bits per heavy atom. The van der Waals surface area contributed by atoms with Gasteiger partial charge in [0, 0.05) is 6.54 Å². The minimum absolute atomic E-state index is 0.0531. The number of amides is 2. The van der Waals surface area contributed by atoms with Gasteiger partial charge in [0.25, 0.3) is 0 Å². The summed E-state index contributed by atoms with van der Waals surface area (Å²) < 4.78 is 0. The molecule has 0 fully saturated rings. The number of carbonyl (C=O) groups excluding carboxylic acids is 2. The van der Waals surface area contributed by atoms with Gasteiger partial charge >= 0.3 is 0 Å². The fourth-order valence-corrected chi connectivity index (χ4v) is 1.13. The van der Waals surface area contributed by atoms with E-state index in [0.29, 0.717) is 6.54 Å². The minimum atomic E-state index is -0.493. The fourth-order valence-electron chi connectivity index (χ4n) is 1.13. The lowest BCUT2D eigenvalue weighted by atomic mass is 10.0. The second-order valence-electron chi connectivity index (χ2n) is 3.78. The Hall–Kier alpha value is -1.10. The number of carbonyl (C=O) groups is 2. The van der Waals surface area contributed by atoms with E-state index in [4.69, 9.17) is 5.73 Å². The smallest absolute Gasteiger partial charge is 0.242 e. The maximum absolute atomic E-state index is 11.6. The summed E-state index contributed by atoms with van der Waals surface area (Å²) >= 11 is 0. The van der Waals surface area contributed by atoms with Gasteiger partial charge in [0.05, 0.1) is 6.54 Å². The van der Waals surface area contributed by atoms with Crippen molar-refractivity contribution in [1.29, 1.82) is 0 Å². The Labute approximate surface area is 90.8 Å². The SMILES string of the molecule is CCCNC(=O)[C@@H](NC(=O)CN)C(C)C. The van der Waals surface area contributed by atoms with Crippen LogP contribution in [0.2, 0.25) is 0 Å². The molecule has 0 unspecified atom stereocenters. The van der Waals surface area contributed by atoms with E-state index in [1.54, 1.807) is 0 Å². The summed E-state index contributed by atoms with van der Waals surface area (Å²) in [6.45, 7) is 6.27. The summed E-state index contributed by atoms with van der Waals surface area (Å²) in [7, 11) is 0. The first-order valence-electron chi connectivity index (χ1n) is 5.30. The van der Waals surface area contributed by atoms with Crippen LogP contribution in [-0.4, -0.2) is 30.9 Å². The number of nitrogens with one attached hydrogen (secondary N) is 2. The van der Waals surface area contributed by atoms with E-state index in [-0.39, 0.29) is 24.3 Å². The van der Waals surface area contributed by atoms with E-state index < -0.39 is 6.04 Å². The Kier molecular flexibility index (Phi) is 6.70. The largest absolute Gasteiger partial charge is 0.354 e. The molecule has 0 aromatic heterocycles. The highest BCUT2D eigenvalue weighted by atomic mass is 16.2. The highest BCUT2D eigenvalue weighted by Crippen LogP contribution is 2.01. The highest BCUT2D eigenvalue weighted by molar-refractivity contribution is 5.88. The van der Waals surface area contributed by atoms with Crippen LogP contribution in [0.3, 0.4) is 0 Å². The van der Waals surface area contributed by atoms with Crippen LogP contribution in [0.15, 0.2) is 0 Å². The molecule has 0 aromatic rings. The molecule has 0 aliphatic heterocycles. The van der Waals surface area contributed by atoms with Gasteiger partial charge in [-0.15, -0.1) is 0 Å². The van der Waals surface area contributed by atoms with Crippen molar-refractivity contribution in [2.24, 2.45) is 11.7 Å². The van der Waals surface area contributed by atoms with Crippen molar-refractivity contribution in [3.05, 3.63) is 0 Å². The van der Waals surface area contributed by atoms with Gasteiger partial charge in [0.1, 0.15) is 6.04 Å². The second-order valence-corrected chi connectivity index (χ2v) is 3.78. The molecular weight excluding hydrogens is 194 g/mol. The predicted octanol–water partition coefficient (Wildman–Crippen LogP) is -0.388. The van der Waals surface area contributed by atoms with Crippen molar-refractivity contribution < 1.29 is 9.59 Å². The van der Waals surface area contributed by atoms with Crippen LogP contribution in [0, 0.1) is 5.92 Å². The highest BCUT2D eigenvalue weighted by Gasteiger charge is 2.22. The molecule has 2 amide bonds. The minimum Gasteiger partial charge on any atom is -0.354 e. The lowest BCUT2D eigenvalue weighted by Crippen LogP contribution is -2.51. The van der Waals surface area contributed by atoms with Crippen LogP contribution in [0.25, 0.3) is 0 Å². The van der Waals surface area contributed by atoms with Crippen molar-refractivity contribution in [3.63, 3.8) is 0 Å². The summed E-state index contributed by atoms with van der Waals surface area (Å²) in [6.07, 6.45) is 0.876. The summed E-state index contributed by atoms with van der Waals surface area (Å²) in [4.78, 5) is 22.7. The van der Waals surface area contributed by atoms with Crippen molar-refractivity contribution >= 4 is 11.8 Å². The zero-order chi connectivity index (χ0) is 11.8. The van der Waals surface area contributed by atoms with Gasteiger partial charge in [0.2, 0.25) is 11.8 Å². The molecule has 5 heteroatoms. The normalized spacial score (nSPS) is 12.3. The Morgan fingerprint density at radius 2 is 1.93 bits per heavy atom. The number of nitrogens with two attached hydrogens (primary N) is 1. The molecule has 0 radical (unpaired) electrons. The quantitative estimate of drug-likeness (QED) is 0.564. The van der Waals surface area contributed by atoms with Gasteiger partial charge in [-0.1, -0.05) is 20.8 Å². The standard InChI is InChI=1S/C10H21N3O2/c1-4-5-12-10(15)9(7(2)3)13-8(14)6-11/h7,9H,4-6,11H2,1-3H3,(H,12,15)(H,13,14)/t9-/m0/s1. The van der Waals surface area contributed by atoms with Crippen molar-refractivity contribution in [2.45, 2.75) is 33.2 Å². The molecule has 5 nitrogen and oxygen atoms in total. The third-order valence-corrected chi connectivity index (χ3v) is 2.00. The van der Waals surface area contributed by atoms with E-state index in [2.05, 4.69) is 10.6 Å². The topological polar surface area (TPSA) is 84.2 Å². The maximum Gasteiger partial charge on any atom is 0.242 e. The van der Waals surface area contributed by atoms with E-state index in [1.165, 1.54) is 0 Å². The second kappa shape index (κ2) is 7.23.